The molecule has 1 heterocycles. The molecule has 1 N–H and O–H groups in total. The molecule has 0 unspecified atom stereocenters. The second kappa shape index (κ2) is 6.20. The van der Waals surface area contributed by atoms with Gasteiger partial charge in [0.05, 0.1) is 19.0 Å². The highest BCUT2D eigenvalue weighted by atomic mass is 16.5. The van der Waals surface area contributed by atoms with Crippen molar-refractivity contribution in [1.82, 2.24) is 10.3 Å². The molecule has 2 aromatic rings. The third kappa shape index (κ3) is 3.03. The van der Waals surface area contributed by atoms with E-state index in [1.807, 2.05) is 56.8 Å². The van der Waals surface area contributed by atoms with Crippen LogP contribution >= 0.6 is 0 Å². The molecule has 0 amide bonds. The summed E-state index contributed by atoms with van der Waals surface area (Å²) in [6.45, 7) is 0.818. The van der Waals surface area contributed by atoms with E-state index in [1.54, 1.807) is 7.11 Å². The largest absolute Gasteiger partial charge is 0.497 e. The molecular weight excluding hydrogens is 238 g/mol. The normalized spacial score (nSPS) is 10.3. The Kier molecular flexibility index (Phi) is 4.36. The van der Waals surface area contributed by atoms with Gasteiger partial charge in [-0.05, 0) is 42.9 Å². The highest BCUT2D eigenvalue weighted by Gasteiger charge is 2.09. The van der Waals surface area contributed by atoms with Crippen molar-refractivity contribution in [2.24, 2.45) is 0 Å². The molecule has 0 spiro atoms. The molecule has 4 heteroatoms. The van der Waals surface area contributed by atoms with Crippen molar-refractivity contribution in [2.45, 2.75) is 6.54 Å². The molecule has 4 nitrogen and oxygen atoms in total. The summed E-state index contributed by atoms with van der Waals surface area (Å²) in [5, 5.41) is 3.17. The fraction of sp³-hybridized carbons (Fsp3) is 0.267. The quantitative estimate of drug-likeness (QED) is 0.893. The van der Waals surface area contributed by atoms with E-state index in [0.717, 1.165) is 23.7 Å². The molecule has 0 aliphatic rings. The Morgan fingerprint density at radius 1 is 1.21 bits per heavy atom. The number of hydrogen-bond acceptors (Lipinski definition) is 4. The van der Waals surface area contributed by atoms with E-state index < -0.39 is 0 Å². The minimum Gasteiger partial charge on any atom is -0.497 e. The van der Waals surface area contributed by atoms with Crippen LogP contribution in [0, 0.1) is 0 Å². The first kappa shape index (κ1) is 13.4. The summed E-state index contributed by atoms with van der Waals surface area (Å²) in [7, 11) is 5.65. The Balaban J connectivity index is 2.29. The topological polar surface area (TPSA) is 37.4 Å². The first-order valence-corrected chi connectivity index (χ1v) is 6.21. The van der Waals surface area contributed by atoms with Gasteiger partial charge < -0.3 is 15.0 Å². The van der Waals surface area contributed by atoms with Crippen LogP contribution in [0.15, 0.2) is 42.7 Å². The van der Waals surface area contributed by atoms with Crippen LogP contribution in [0.5, 0.6) is 5.75 Å². The van der Waals surface area contributed by atoms with E-state index in [2.05, 4.69) is 15.2 Å². The zero-order chi connectivity index (χ0) is 13.7. The molecule has 0 saturated carbocycles. The zero-order valence-corrected chi connectivity index (χ0v) is 11.6. The van der Waals surface area contributed by atoms with Gasteiger partial charge in [-0.25, -0.2) is 0 Å². The number of aromatic nitrogens is 1. The second-order valence-electron chi connectivity index (χ2n) is 4.29. The van der Waals surface area contributed by atoms with Gasteiger partial charge >= 0.3 is 0 Å². The Morgan fingerprint density at radius 3 is 2.58 bits per heavy atom. The molecule has 1 aromatic carbocycles. The molecular formula is C15H19N3O. The molecule has 0 fully saturated rings. The lowest BCUT2D eigenvalue weighted by molar-refractivity contribution is 0.415. The van der Waals surface area contributed by atoms with Crippen molar-refractivity contribution >= 4 is 11.4 Å². The highest BCUT2D eigenvalue weighted by molar-refractivity contribution is 5.65. The van der Waals surface area contributed by atoms with E-state index in [1.165, 1.54) is 5.56 Å². The van der Waals surface area contributed by atoms with Crippen molar-refractivity contribution in [1.29, 1.82) is 0 Å². The third-order valence-electron chi connectivity index (χ3n) is 3.08. The van der Waals surface area contributed by atoms with Crippen LogP contribution in [0.1, 0.15) is 5.56 Å². The van der Waals surface area contributed by atoms with Gasteiger partial charge in [0.1, 0.15) is 5.75 Å². The van der Waals surface area contributed by atoms with Crippen molar-refractivity contribution in [2.75, 3.05) is 26.1 Å². The van der Waals surface area contributed by atoms with Gasteiger partial charge in [-0.2, -0.15) is 0 Å². The maximum atomic E-state index is 5.18. The number of nitrogens with one attached hydrogen (secondary N) is 1. The maximum Gasteiger partial charge on any atom is 0.119 e. The van der Waals surface area contributed by atoms with Gasteiger partial charge in [0.2, 0.25) is 0 Å². The molecule has 100 valence electrons. The smallest absolute Gasteiger partial charge is 0.119 e. The molecule has 2 rings (SSSR count). The van der Waals surface area contributed by atoms with E-state index in [-0.39, 0.29) is 0 Å². The first-order chi connectivity index (χ1) is 9.26. The number of nitrogens with zero attached hydrogens (tertiary/aromatic N) is 2. The molecule has 0 saturated heterocycles. The van der Waals surface area contributed by atoms with Crippen LogP contribution in [-0.4, -0.2) is 26.2 Å². The van der Waals surface area contributed by atoms with E-state index in [0.29, 0.717) is 0 Å². The van der Waals surface area contributed by atoms with E-state index in [4.69, 9.17) is 4.74 Å². The lowest BCUT2D eigenvalue weighted by atomic mass is 10.2. The molecule has 0 atom stereocenters. The van der Waals surface area contributed by atoms with Gasteiger partial charge in [-0.1, -0.05) is 0 Å². The fourth-order valence-electron chi connectivity index (χ4n) is 2.00. The number of hydrogen-bond donors (Lipinski definition) is 1. The average Bonchev–Trinajstić information content (AvgIpc) is 2.47. The van der Waals surface area contributed by atoms with Gasteiger partial charge in [0, 0.05) is 25.5 Å². The summed E-state index contributed by atoms with van der Waals surface area (Å²) in [6.07, 6.45) is 3.70. The number of rotatable bonds is 5. The number of anilines is 2. The fourth-order valence-corrected chi connectivity index (χ4v) is 2.00. The average molecular weight is 257 g/mol. The second-order valence-corrected chi connectivity index (χ2v) is 4.29. The summed E-state index contributed by atoms with van der Waals surface area (Å²) >= 11 is 0. The Labute approximate surface area is 114 Å². The third-order valence-corrected chi connectivity index (χ3v) is 3.08. The standard InChI is InChI=1S/C15H19N3O/c1-16-10-12-8-9-17-11-15(12)18(2)13-4-6-14(19-3)7-5-13/h4-9,11,16H,10H2,1-3H3. The Bertz CT molecular complexity index is 525. The molecule has 0 radical (unpaired) electrons. The minimum atomic E-state index is 0.818. The Hall–Kier alpha value is -2.07. The summed E-state index contributed by atoms with van der Waals surface area (Å²) in [6, 6.07) is 10.0. The molecule has 1 aromatic heterocycles. The Morgan fingerprint density at radius 2 is 1.95 bits per heavy atom. The van der Waals surface area contributed by atoms with Crippen LogP contribution in [-0.2, 0) is 6.54 Å². The van der Waals surface area contributed by atoms with Crippen LogP contribution in [0.3, 0.4) is 0 Å². The van der Waals surface area contributed by atoms with Crippen molar-refractivity contribution < 1.29 is 4.74 Å². The summed E-state index contributed by atoms with van der Waals surface area (Å²) in [4.78, 5) is 6.34. The lowest BCUT2D eigenvalue weighted by Crippen LogP contribution is -2.15. The van der Waals surface area contributed by atoms with Crippen LogP contribution < -0.4 is 15.0 Å². The van der Waals surface area contributed by atoms with Gasteiger partial charge in [-0.15, -0.1) is 0 Å². The summed E-state index contributed by atoms with van der Waals surface area (Å²) < 4.78 is 5.18. The van der Waals surface area contributed by atoms with Crippen molar-refractivity contribution in [3.63, 3.8) is 0 Å². The SMILES string of the molecule is CNCc1ccncc1N(C)c1ccc(OC)cc1. The van der Waals surface area contributed by atoms with Gasteiger partial charge in [0.15, 0.2) is 0 Å². The van der Waals surface area contributed by atoms with Crippen molar-refractivity contribution in [3.8, 4) is 5.75 Å². The molecule has 0 aliphatic heterocycles. The zero-order valence-electron chi connectivity index (χ0n) is 11.6. The maximum absolute atomic E-state index is 5.18. The van der Waals surface area contributed by atoms with Crippen LogP contribution in [0.4, 0.5) is 11.4 Å². The van der Waals surface area contributed by atoms with E-state index >= 15 is 0 Å². The minimum absolute atomic E-state index is 0.818. The number of benzene rings is 1. The molecule has 19 heavy (non-hydrogen) atoms. The van der Waals surface area contributed by atoms with Gasteiger partial charge in [0.25, 0.3) is 0 Å². The molecule has 0 bridgehead atoms. The molecule has 0 aliphatic carbocycles. The summed E-state index contributed by atoms with van der Waals surface area (Å²) in [5.41, 5.74) is 3.42. The van der Waals surface area contributed by atoms with Crippen molar-refractivity contribution in [3.05, 3.63) is 48.3 Å². The highest BCUT2D eigenvalue weighted by Crippen LogP contribution is 2.27. The monoisotopic (exact) mass is 257 g/mol. The first-order valence-electron chi connectivity index (χ1n) is 6.21. The van der Waals surface area contributed by atoms with E-state index in [9.17, 15) is 0 Å². The lowest BCUT2D eigenvalue weighted by Gasteiger charge is -2.22. The number of pyridine rings is 1. The van der Waals surface area contributed by atoms with Gasteiger partial charge in [-0.3, -0.25) is 4.98 Å². The number of ether oxygens (including phenoxy) is 1. The number of methoxy groups -OCH3 is 1. The predicted molar refractivity (Wildman–Crippen MR) is 78.1 cm³/mol. The van der Waals surface area contributed by atoms with Crippen LogP contribution in [0.2, 0.25) is 0 Å². The predicted octanol–water partition coefficient (Wildman–Crippen LogP) is 2.58. The van der Waals surface area contributed by atoms with Crippen LogP contribution in [0.25, 0.3) is 0 Å². The summed E-state index contributed by atoms with van der Waals surface area (Å²) in [5.74, 6) is 0.860.